The molecule has 0 bridgehead atoms. The molecule has 0 atom stereocenters. The quantitative estimate of drug-likeness (QED) is 0.474. The van der Waals surface area contributed by atoms with Crippen LogP contribution in [0.15, 0.2) is 55.0 Å². The van der Waals surface area contributed by atoms with Gasteiger partial charge in [-0.15, -0.1) is 15.3 Å². The summed E-state index contributed by atoms with van der Waals surface area (Å²) < 4.78 is 3.60. The molecule has 0 amide bonds. The average molecular weight is 384 g/mol. The maximum Gasteiger partial charge on any atom is 0.178 e. The largest absolute Gasteiger partial charge is 0.361 e. The van der Waals surface area contributed by atoms with Crippen molar-refractivity contribution in [2.45, 2.75) is 6.42 Å². The van der Waals surface area contributed by atoms with Crippen LogP contribution >= 0.6 is 0 Å². The van der Waals surface area contributed by atoms with Gasteiger partial charge in [-0.1, -0.05) is 6.07 Å². The number of benzene rings is 1. The Morgan fingerprint density at radius 2 is 1.86 bits per heavy atom. The molecule has 1 aromatic carbocycles. The lowest BCUT2D eigenvalue weighted by molar-refractivity contribution is 0.768. The number of nitrogens with zero attached hydrogens (tertiary/aromatic N) is 8. The van der Waals surface area contributed by atoms with Gasteiger partial charge in [0.1, 0.15) is 5.82 Å². The Balaban J connectivity index is 1.52. The second-order valence-corrected chi connectivity index (χ2v) is 7.30. The minimum Gasteiger partial charge on any atom is -0.361 e. The second-order valence-electron chi connectivity index (χ2n) is 7.30. The summed E-state index contributed by atoms with van der Waals surface area (Å²) in [5.41, 5.74) is 4.94. The van der Waals surface area contributed by atoms with E-state index in [2.05, 4.69) is 43.6 Å². The van der Waals surface area contributed by atoms with Crippen molar-refractivity contribution in [3.05, 3.63) is 66.4 Å². The third-order valence-corrected chi connectivity index (χ3v) is 4.92. The van der Waals surface area contributed by atoms with Gasteiger partial charge < -0.3 is 4.90 Å². The summed E-state index contributed by atoms with van der Waals surface area (Å²) in [6.45, 7) is 0. The minimum atomic E-state index is 0.637. The first-order valence-electron chi connectivity index (χ1n) is 9.33. The van der Waals surface area contributed by atoms with Crippen molar-refractivity contribution in [1.29, 1.82) is 0 Å². The highest BCUT2D eigenvalue weighted by molar-refractivity contribution is 5.84. The summed E-state index contributed by atoms with van der Waals surface area (Å²) in [6, 6.07) is 12.3. The van der Waals surface area contributed by atoms with Gasteiger partial charge >= 0.3 is 0 Å². The Morgan fingerprint density at radius 1 is 0.966 bits per heavy atom. The number of fused-ring (bicyclic) bond motifs is 2. The zero-order valence-electron chi connectivity index (χ0n) is 16.5. The smallest absolute Gasteiger partial charge is 0.178 e. The monoisotopic (exact) mass is 384 g/mol. The van der Waals surface area contributed by atoms with Gasteiger partial charge in [-0.2, -0.15) is 9.61 Å². The molecular formula is C21H20N8. The molecule has 5 rings (SSSR count). The van der Waals surface area contributed by atoms with Crippen LogP contribution in [0.2, 0.25) is 0 Å². The zero-order valence-corrected chi connectivity index (χ0v) is 16.5. The highest BCUT2D eigenvalue weighted by atomic mass is 15.4. The van der Waals surface area contributed by atoms with E-state index < -0.39 is 0 Å². The van der Waals surface area contributed by atoms with Crippen LogP contribution in [0.25, 0.3) is 27.7 Å². The van der Waals surface area contributed by atoms with E-state index in [1.807, 2.05) is 67.3 Å². The highest BCUT2D eigenvalue weighted by Gasteiger charge is 2.11. The average Bonchev–Trinajstić information content (AvgIpc) is 3.33. The summed E-state index contributed by atoms with van der Waals surface area (Å²) >= 11 is 0. The first kappa shape index (κ1) is 17.3. The van der Waals surface area contributed by atoms with Crippen LogP contribution in [0.3, 0.4) is 0 Å². The van der Waals surface area contributed by atoms with Gasteiger partial charge in [0.05, 0.1) is 11.7 Å². The van der Waals surface area contributed by atoms with Crippen molar-refractivity contribution in [1.82, 2.24) is 34.6 Å². The maximum absolute atomic E-state index is 4.65. The predicted octanol–water partition coefficient (Wildman–Crippen LogP) is 2.73. The van der Waals surface area contributed by atoms with Crippen LogP contribution in [0.1, 0.15) is 11.4 Å². The van der Waals surface area contributed by atoms with E-state index in [1.54, 1.807) is 4.68 Å². The number of anilines is 1. The molecule has 8 heteroatoms. The molecule has 0 radical (unpaired) electrons. The van der Waals surface area contributed by atoms with Crippen LogP contribution < -0.4 is 4.90 Å². The molecule has 0 fully saturated rings. The molecule has 0 aliphatic rings. The van der Waals surface area contributed by atoms with E-state index in [-0.39, 0.29) is 0 Å². The van der Waals surface area contributed by atoms with E-state index in [0.717, 1.165) is 44.9 Å². The number of hydrogen-bond donors (Lipinski definition) is 0. The summed E-state index contributed by atoms with van der Waals surface area (Å²) in [4.78, 5) is 6.56. The fourth-order valence-corrected chi connectivity index (χ4v) is 3.37. The molecule has 0 saturated heterocycles. The SMILES string of the molecule is CN(C)c1ccc2nnc(Cc3ccc4ncc(-c5cnn(C)c5)cc4c3)n2n1. The summed E-state index contributed by atoms with van der Waals surface area (Å²) in [5.74, 6) is 1.67. The molecule has 0 spiro atoms. The van der Waals surface area contributed by atoms with E-state index in [9.17, 15) is 0 Å². The Morgan fingerprint density at radius 3 is 2.66 bits per heavy atom. The third kappa shape index (κ3) is 3.18. The fourth-order valence-electron chi connectivity index (χ4n) is 3.37. The number of rotatable bonds is 4. The molecule has 4 aromatic heterocycles. The summed E-state index contributed by atoms with van der Waals surface area (Å²) in [6.07, 6.45) is 6.36. The minimum absolute atomic E-state index is 0.637. The van der Waals surface area contributed by atoms with Crippen LogP contribution in [0.5, 0.6) is 0 Å². The number of aryl methyl sites for hydroxylation is 1. The van der Waals surface area contributed by atoms with Crippen molar-refractivity contribution in [2.75, 3.05) is 19.0 Å². The molecule has 5 aromatic rings. The molecule has 0 saturated carbocycles. The fraction of sp³-hybridized carbons (Fsp3) is 0.190. The van der Waals surface area contributed by atoms with E-state index >= 15 is 0 Å². The van der Waals surface area contributed by atoms with Crippen molar-refractivity contribution in [3.63, 3.8) is 0 Å². The Labute approximate surface area is 167 Å². The van der Waals surface area contributed by atoms with Crippen molar-refractivity contribution in [3.8, 4) is 11.1 Å². The van der Waals surface area contributed by atoms with Gasteiger partial charge in [0.15, 0.2) is 11.5 Å². The molecule has 4 heterocycles. The van der Waals surface area contributed by atoms with Gasteiger partial charge in [0.25, 0.3) is 0 Å². The molecule has 0 unspecified atom stereocenters. The second kappa shape index (κ2) is 6.66. The van der Waals surface area contributed by atoms with Gasteiger partial charge in [0, 0.05) is 56.5 Å². The lowest BCUT2D eigenvalue weighted by Crippen LogP contribution is -2.13. The third-order valence-electron chi connectivity index (χ3n) is 4.92. The zero-order chi connectivity index (χ0) is 20.0. The predicted molar refractivity (Wildman–Crippen MR) is 112 cm³/mol. The van der Waals surface area contributed by atoms with Crippen molar-refractivity contribution >= 4 is 22.4 Å². The Hall–Kier alpha value is -3.81. The lowest BCUT2D eigenvalue weighted by Gasteiger charge is -2.11. The molecule has 29 heavy (non-hydrogen) atoms. The molecule has 0 aliphatic heterocycles. The highest BCUT2D eigenvalue weighted by Crippen LogP contribution is 2.24. The van der Waals surface area contributed by atoms with Crippen LogP contribution in [-0.2, 0) is 13.5 Å². The Bertz CT molecular complexity index is 1330. The van der Waals surface area contributed by atoms with Gasteiger partial charge in [-0.25, -0.2) is 0 Å². The van der Waals surface area contributed by atoms with Crippen LogP contribution in [0, 0.1) is 0 Å². The van der Waals surface area contributed by atoms with Gasteiger partial charge in [0.2, 0.25) is 0 Å². The number of aromatic nitrogens is 7. The van der Waals surface area contributed by atoms with Gasteiger partial charge in [-0.3, -0.25) is 9.67 Å². The van der Waals surface area contributed by atoms with E-state index in [4.69, 9.17) is 0 Å². The first-order valence-corrected chi connectivity index (χ1v) is 9.33. The normalized spacial score (nSPS) is 11.4. The lowest BCUT2D eigenvalue weighted by atomic mass is 10.0. The summed E-state index contributed by atoms with van der Waals surface area (Å²) in [5, 5.41) is 18.6. The molecule has 144 valence electrons. The van der Waals surface area contributed by atoms with Crippen LogP contribution in [0.4, 0.5) is 5.82 Å². The molecule has 8 nitrogen and oxygen atoms in total. The topological polar surface area (TPSA) is 77.0 Å². The molecule has 0 N–H and O–H groups in total. The molecular weight excluding hydrogens is 364 g/mol. The van der Waals surface area contributed by atoms with Crippen LogP contribution in [-0.4, -0.2) is 48.7 Å². The maximum atomic E-state index is 4.65. The van der Waals surface area contributed by atoms with Crippen molar-refractivity contribution in [2.24, 2.45) is 7.05 Å². The van der Waals surface area contributed by atoms with Gasteiger partial charge in [-0.05, 0) is 35.9 Å². The van der Waals surface area contributed by atoms with E-state index in [0.29, 0.717) is 6.42 Å². The standard InChI is InChI=1S/C21H20N8/c1-27(2)20-7-6-19-24-25-21(29(19)26-20)9-14-4-5-18-15(8-14)10-16(11-22-18)17-12-23-28(3)13-17/h4-8,10-13H,9H2,1-3H3. The van der Waals surface area contributed by atoms with E-state index in [1.165, 1.54) is 0 Å². The number of pyridine rings is 1. The first-order chi connectivity index (χ1) is 14.1. The van der Waals surface area contributed by atoms with Crippen molar-refractivity contribution < 1.29 is 0 Å². The summed E-state index contributed by atoms with van der Waals surface area (Å²) in [7, 11) is 5.84. The number of hydrogen-bond acceptors (Lipinski definition) is 6. The Kier molecular flexibility index (Phi) is 3.97. The molecule has 0 aliphatic carbocycles.